The Hall–Kier alpha value is -2.86. The molecule has 3 unspecified atom stereocenters. The fourth-order valence-corrected chi connectivity index (χ4v) is 6.18. The van der Waals surface area contributed by atoms with Crippen LogP contribution in [0.25, 0.3) is 0 Å². The minimum Gasteiger partial charge on any atom is -0.510 e. The summed E-state index contributed by atoms with van der Waals surface area (Å²) in [4.78, 5) is 13.0. The summed E-state index contributed by atoms with van der Waals surface area (Å²) in [6, 6.07) is 14.2. The van der Waals surface area contributed by atoms with Crippen LogP contribution < -0.4 is 0 Å². The number of phenolic OH excluding ortho intramolecular Hbond substituents is 1. The molecule has 3 rings (SSSR count). The highest BCUT2D eigenvalue weighted by molar-refractivity contribution is 7.94. The van der Waals surface area contributed by atoms with Crippen molar-refractivity contribution in [2.45, 2.75) is 23.8 Å². The van der Waals surface area contributed by atoms with E-state index in [1.807, 2.05) is 0 Å². The molecule has 1 aliphatic rings. The van der Waals surface area contributed by atoms with Crippen LogP contribution >= 0.6 is 0 Å². The molecule has 28 heavy (non-hydrogen) atoms. The van der Waals surface area contributed by atoms with Crippen molar-refractivity contribution in [1.82, 2.24) is 0 Å². The number of phenols is 1. The fourth-order valence-electron chi connectivity index (χ4n) is 3.79. The van der Waals surface area contributed by atoms with Gasteiger partial charge in [-0.2, -0.15) is 0 Å². The van der Waals surface area contributed by atoms with Crippen molar-refractivity contribution in [3.05, 3.63) is 89.7 Å². The Kier molecular flexibility index (Phi) is 5.17. The standard InChI is InChI=1S/C22H22O5S/c1-15-9-8-14-20(24)22(15,17-10-4-3-5-11-17)28(26,27)16(2)21(25)18-12-6-7-13-19(18)23/h3-16,23-24H,1-2H3. The van der Waals surface area contributed by atoms with Crippen molar-refractivity contribution in [3.63, 3.8) is 0 Å². The van der Waals surface area contributed by atoms with Crippen LogP contribution in [-0.4, -0.2) is 29.7 Å². The molecule has 6 heteroatoms. The summed E-state index contributed by atoms with van der Waals surface area (Å²) in [5.74, 6) is -1.93. The quantitative estimate of drug-likeness (QED) is 0.745. The smallest absolute Gasteiger partial charge is 0.184 e. The van der Waals surface area contributed by atoms with Crippen LogP contribution in [0, 0.1) is 5.92 Å². The molecule has 2 aromatic carbocycles. The average molecular weight is 398 g/mol. The predicted molar refractivity (Wildman–Crippen MR) is 108 cm³/mol. The van der Waals surface area contributed by atoms with Gasteiger partial charge in [0.25, 0.3) is 0 Å². The van der Waals surface area contributed by atoms with E-state index in [1.54, 1.807) is 61.5 Å². The van der Waals surface area contributed by atoms with Crippen molar-refractivity contribution in [3.8, 4) is 5.75 Å². The van der Waals surface area contributed by atoms with E-state index in [0.717, 1.165) is 0 Å². The van der Waals surface area contributed by atoms with Crippen LogP contribution in [0.15, 0.2) is 78.6 Å². The Bertz CT molecular complexity index is 1050. The van der Waals surface area contributed by atoms with Crippen LogP contribution in [0.3, 0.4) is 0 Å². The van der Waals surface area contributed by atoms with E-state index in [9.17, 15) is 23.4 Å². The van der Waals surface area contributed by atoms with Gasteiger partial charge in [-0.05, 0) is 30.7 Å². The van der Waals surface area contributed by atoms with Gasteiger partial charge >= 0.3 is 0 Å². The van der Waals surface area contributed by atoms with E-state index in [2.05, 4.69) is 0 Å². The SMILES string of the molecule is CC1C=CC=C(O)C1(c1ccccc1)S(=O)(=O)C(C)C(=O)c1ccccc1O. The third kappa shape index (κ3) is 2.85. The van der Waals surface area contributed by atoms with Gasteiger partial charge in [-0.3, -0.25) is 4.79 Å². The Labute approximate surface area is 164 Å². The molecule has 0 fully saturated rings. The zero-order valence-corrected chi connectivity index (χ0v) is 16.4. The topological polar surface area (TPSA) is 91.7 Å². The highest BCUT2D eigenvalue weighted by Gasteiger charge is 2.56. The molecule has 0 aromatic heterocycles. The van der Waals surface area contributed by atoms with Gasteiger partial charge in [0.05, 0.1) is 5.56 Å². The second-order valence-corrected chi connectivity index (χ2v) is 9.34. The summed E-state index contributed by atoms with van der Waals surface area (Å²) in [7, 11) is -4.27. The van der Waals surface area contributed by atoms with Gasteiger partial charge in [0.15, 0.2) is 20.4 Å². The molecule has 3 atom stereocenters. The summed E-state index contributed by atoms with van der Waals surface area (Å²) in [5, 5.41) is 19.3. The zero-order valence-electron chi connectivity index (χ0n) is 15.6. The number of hydrogen-bond acceptors (Lipinski definition) is 5. The van der Waals surface area contributed by atoms with Crippen molar-refractivity contribution >= 4 is 15.6 Å². The van der Waals surface area contributed by atoms with Gasteiger partial charge in [-0.15, -0.1) is 0 Å². The molecule has 0 amide bonds. The number of ketones is 1. The molecule has 2 aromatic rings. The third-order valence-corrected chi connectivity index (χ3v) is 8.19. The van der Waals surface area contributed by atoms with E-state index >= 15 is 0 Å². The summed E-state index contributed by atoms with van der Waals surface area (Å²) in [5.41, 5.74) is 0.321. The summed E-state index contributed by atoms with van der Waals surface area (Å²) in [6.45, 7) is 2.99. The Balaban J connectivity index is 2.20. The molecular formula is C22H22O5S. The van der Waals surface area contributed by atoms with Gasteiger partial charge in [0.1, 0.15) is 16.8 Å². The lowest BCUT2D eigenvalue weighted by Crippen LogP contribution is -2.50. The van der Waals surface area contributed by atoms with Crippen LogP contribution in [0.5, 0.6) is 5.75 Å². The molecule has 5 nitrogen and oxygen atoms in total. The van der Waals surface area contributed by atoms with Crippen molar-refractivity contribution in [1.29, 1.82) is 0 Å². The molecular weight excluding hydrogens is 376 g/mol. The molecule has 146 valence electrons. The lowest BCUT2D eigenvalue weighted by Gasteiger charge is -2.40. The minimum absolute atomic E-state index is 0.0655. The van der Waals surface area contributed by atoms with Gasteiger partial charge < -0.3 is 10.2 Å². The molecule has 1 aliphatic carbocycles. The number of allylic oxidation sites excluding steroid dienone is 3. The van der Waals surface area contributed by atoms with Crippen molar-refractivity contribution in [2.24, 2.45) is 5.92 Å². The van der Waals surface area contributed by atoms with Crippen LogP contribution in [0.1, 0.15) is 29.8 Å². The van der Waals surface area contributed by atoms with Gasteiger partial charge in [-0.1, -0.05) is 61.5 Å². The molecule has 0 spiro atoms. The number of carbonyl (C=O) groups excluding carboxylic acids is 1. The Morgan fingerprint density at radius 1 is 1.04 bits per heavy atom. The lowest BCUT2D eigenvalue weighted by atomic mass is 9.81. The number of rotatable bonds is 5. The lowest BCUT2D eigenvalue weighted by molar-refractivity contribution is 0.0987. The fraction of sp³-hybridized carbons (Fsp3) is 0.227. The molecule has 0 aliphatic heterocycles. The third-order valence-electron chi connectivity index (χ3n) is 5.33. The summed E-state index contributed by atoms with van der Waals surface area (Å²) < 4.78 is 25.8. The van der Waals surface area contributed by atoms with E-state index in [4.69, 9.17) is 0 Å². The van der Waals surface area contributed by atoms with Gasteiger partial charge in [-0.25, -0.2) is 8.42 Å². The first-order valence-electron chi connectivity index (χ1n) is 8.93. The Morgan fingerprint density at radius 3 is 2.25 bits per heavy atom. The average Bonchev–Trinajstić information content (AvgIpc) is 2.68. The maximum Gasteiger partial charge on any atom is 0.184 e. The van der Waals surface area contributed by atoms with E-state index < -0.39 is 31.5 Å². The second kappa shape index (κ2) is 7.28. The molecule has 2 N–H and O–H groups in total. The first kappa shape index (κ1) is 19.9. The van der Waals surface area contributed by atoms with E-state index in [-0.39, 0.29) is 17.1 Å². The number of carbonyl (C=O) groups is 1. The van der Waals surface area contributed by atoms with Gasteiger partial charge in [0.2, 0.25) is 0 Å². The summed E-state index contributed by atoms with van der Waals surface area (Å²) >= 11 is 0. The van der Waals surface area contributed by atoms with Crippen molar-refractivity contribution < 1.29 is 23.4 Å². The maximum atomic E-state index is 13.8. The monoisotopic (exact) mass is 398 g/mol. The molecule has 0 bridgehead atoms. The number of benzene rings is 2. The number of Topliss-reactive ketones (excluding diaryl/α,β-unsaturated/α-hetero) is 1. The first-order chi connectivity index (χ1) is 13.2. The number of sulfone groups is 1. The molecule has 0 saturated heterocycles. The second-order valence-electron chi connectivity index (χ2n) is 6.90. The number of hydrogen-bond donors (Lipinski definition) is 2. The zero-order chi connectivity index (χ0) is 20.5. The predicted octanol–water partition coefficient (Wildman–Crippen LogP) is 3.92. The van der Waals surface area contributed by atoms with Crippen LogP contribution in [0.2, 0.25) is 0 Å². The molecule has 0 saturated carbocycles. The minimum atomic E-state index is -4.27. The molecule has 0 heterocycles. The van der Waals surface area contributed by atoms with Crippen molar-refractivity contribution in [2.75, 3.05) is 0 Å². The largest absolute Gasteiger partial charge is 0.510 e. The number of aromatic hydroxyl groups is 1. The van der Waals surface area contributed by atoms with Crippen LogP contribution in [-0.2, 0) is 14.6 Å². The number of para-hydroxylation sites is 1. The number of aliphatic hydroxyl groups is 1. The van der Waals surface area contributed by atoms with E-state index in [1.165, 1.54) is 25.1 Å². The Morgan fingerprint density at radius 2 is 1.64 bits per heavy atom. The summed E-state index contributed by atoms with van der Waals surface area (Å²) in [6.07, 6.45) is 4.65. The van der Waals surface area contributed by atoms with Crippen LogP contribution in [0.4, 0.5) is 0 Å². The van der Waals surface area contributed by atoms with Gasteiger partial charge in [0, 0.05) is 5.92 Å². The number of aliphatic hydroxyl groups excluding tert-OH is 1. The highest BCUT2D eigenvalue weighted by Crippen LogP contribution is 2.48. The van der Waals surface area contributed by atoms with E-state index in [0.29, 0.717) is 5.56 Å². The first-order valence-corrected chi connectivity index (χ1v) is 10.5. The highest BCUT2D eigenvalue weighted by atomic mass is 32.2. The maximum absolute atomic E-state index is 13.8. The molecule has 0 radical (unpaired) electrons. The normalized spacial score (nSPS) is 23.1.